The molecule has 110 valence electrons. The number of ether oxygens (including phenoxy) is 1. The van der Waals surface area contributed by atoms with Gasteiger partial charge in [-0.1, -0.05) is 28.1 Å². The number of amides is 1. The first-order valence-electron chi connectivity index (χ1n) is 6.55. The topological polar surface area (TPSA) is 64.3 Å². The molecule has 0 aliphatic rings. The second-order valence-corrected chi connectivity index (χ2v) is 5.55. The van der Waals surface area contributed by atoms with Gasteiger partial charge in [0.05, 0.1) is 7.11 Å². The molecule has 5 heteroatoms. The van der Waals surface area contributed by atoms with Crippen molar-refractivity contribution in [2.24, 2.45) is 0 Å². The van der Waals surface area contributed by atoms with Gasteiger partial charge in [0.1, 0.15) is 5.75 Å². The van der Waals surface area contributed by atoms with Crippen LogP contribution in [0.2, 0.25) is 0 Å². The summed E-state index contributed by atoms with van der Waals surface area (Å²) < 4.78 is 5.96. The molecule has 2 aromatic carbocycles. The van der Waals surface area contributed by atoms with Crippen LogP contribution in [0.1, 0.15) is 15.9 Å². The first-order valence-corrected chi connectivity index (χ1v) is 7.35. The summed E-state index contributed by atoms with van der Waals surface area (Å²) in [5.41, 5.74) is 7.95. The van der Waals surface area contributed by atoms with Crippen LogP contribution in [0, 0.1) is 0 Å². The lowest BCUT2D eigenvalue weighted by Gasteiger charge is -2.08. The summed E-state index contributed by atoms with van der Waals surface area (Å²) in [5.74, 6) is 0.685. The number of nitrogen functional groups attached to an aromatic ring is 1. The predicted octanol–water partition coefficient (Wildman–Crippen LogP) is 3.01. The third kappa shape index (κ3) is 4.49. The van der Waals surface area contributed by atoms with Crippen LogP contribution in [-0.4, -0.2) is 19.6 Å². The molecule has 2 rings (SSSR count). The quantitative estimate of drug-likeness (QED) is 0.816. The lowest BCUT2D eigenvalue weighted by Crippen LogP contribution is -2.25. The third-order valence-electron chi connectivity index (χ3n) is 3.02. The molecular weight excluding hydrogens is 332 g/mol. The van der Waals surface area contributed by atoms with Crippen LogP contribution < -0.4 is 15.8 Å². The smallest absolute Gasteiger partial charge is 0.251 e. The Morgan fingerprint density at radius 2 is 2.10 bits per heavy atom. The molecule has 2 aromatic rings. The molecule has 0 spiro atoms. The Morgan fingerprint density at radius 3 is 2.81 bits per heavy atom. The summed E-state index contributed by atoms with van der Waals surface area (Å²) in [6.45, 7) is 0.554. The Labute approximate surface area is 132 Å². The first kappa shape index (κ1) is 15.4. The van der Waals surface area contributed by atoms with Gasteiger partial charge in [-0.15, -0.1) is 0 Å². The van der Waals surface area contributed by atoms with Crippen molar-refractivity contribution in [3.8, 4) is 5.75 Å². The molecule has 3 N–H and O–H groups in total. The number of nitrogens with one attached hydrogen (secondary N) is 1. The van der Waals surface area contributed by atoms with E-state index in [1.165, 1.54) is 0 Å². The summed E-state index contributed by atoms with van der Waals surface area (Å²) in [6.07, 6.45) is 0.742. The van der Waals surface area contributed by atoms with Crippen molar-refractivity contribution in [2.45, 2.75) is 6.42 Å². The van der Waals surface area contributed by atoms with E-state index in [4.69, 9.17) is 10.5 Å². The van der Waals surface area contributed by atoms with Gasteiger partial charge in [0.15, 0.2) is 0 Å². The van der Waals surface area contributed by atoms with Crippen molar-refractivity contribution in [1.82, 2.24) is 5.32 Å². The molecule has 0 unspecified atom stereocenters. The summed E-state index contributed by atoms with van der Waals surface area (Å²) in [7, 11) is 1.64. The standard InChI is InChI=1S/C16H17BrN2O2/c1-21-15-4-2-3-11(7-15)5-6-19-16(20)12-8-13(17)10-14(18)9-12/h2-4,7-10H,5-6,18H2,1H3,(H,19,20). The van der Waals surface area contributed by atoms with Crippen LogP contribution in [0.25, 0.3) is 0 Å². The van der Waals surface area contributed by atoms with Crippen molar-refractivity contribution >= 4 is 27.5 Å². The van der Waals surface area contributed by atoms with Crippen LogP contribution in [0.5, 0.6) is 5.75 Å². The van der Waals surface area contributed by atoms with Crippen molar-refractivity contribution in [2.75, 3.05) is 19.4 Å². The molecule has 0 aliphatic heterocycles. The summed E-state index contributed by atoms with van der Waals surface area (Å²) in [4.78, 5) is 12.1. The van der Waals surface area contributed by atoms with Crippen molar-refractivity contribution < 1.29 is 9.53 Å². The normalized spacial score (nSPS) is 10.2. The van der Waals surface area contributed by atoms with Crippen LogP contribution in [0.3, 0.4) is 0 Å². The molecule has 0 radical (unpaired) electrons. The average molecular weight is 349 g/mol. The Hall–Kier alpha value is -2.01. The minimum atomic E-state index is -0.133. The van der Waals surface area contributed by atoms with E-state index in [0.29, 0.717) is 17.8 Å². The molecule has 0 fully saturated rings. The van der Waals surface area contributed by atoms with Gasteiger partial charge >= 0.3 is 0 Å². The van der Waals surface area contributed by atoms with E-state index in [1.54, 1.807) is 25.3 Å². The van der Waals surface area contributed by atoms with Gasteiger partial charge in [0.2, 0.25) is 0 Å². The lowest BCUT2D eigenvalue weighted by atomic mass is 10.1. The van der Waals surface area contributed by atoms with Crippen LogP contribution >= 0.6 is 15.9 Å². The molecule has 0 saturated heterocycles. The molecule has 0 bridgehead atoms. The minimum Gasteiger partial charge on any atom is -0.497 e. The predicted molar refractivity (Wildman–Crippen MR) is 87.6 cm³/mol. The fraction of sp³-hybridized carbons (Fsp3) is 0.188. The molecule has 1 amide bonds. The van der Waals surface area contributed by atoms with Gasteiger partial charge in [-0.3, -0.25) is 4.79 Å². The van der Waals surface area contributed by atoms with Gasteiger partial charge in [-0.05, 0) is 42.3 Å². The van der Waals surface area contributed by atoms with Gasteiger partial charge in [-0.2, -0.15) is 0 Å². The summed E-state index contributed by atoms with van der Waals surface area (Å²) in [5, 5.41) is 2.88. The van der Waals surface area contributed by atoms with Crippen LogP contribution in [0.15, 0.2) is 46.9 Å². The van der Waals surface area contributed by atoms with E-state index in [-0.39, 0.29) is 5.91 Å². The Kier molecular flexibility index (Phi) is 5.22. The number of anilines is 1. The molecule has 4 nitrogen and oxygen atoms in total. The molecule has 0 atom stereocenters. The number of halogens is 1. The third-order valence-corrected chi connectivity index (χ3v) is 3.47. The summed E-state index contributed by atoms with van der Waals surface area (Å²) in [6, 6.07) is 13.0. The fourth-order valence-electron chi connectivity index (χ4n) is 1.99. The molecule has 0 saturated carbocycles. The summed E-state index contributed by atoms with van der Waals surface area (Å²) >= 11 is 3.33. The average Bonchev–Trinajstić information content (AvgIpc) is 2.46. The number of methoxy groups -OCH3 is 1. The lowest BCUT2D eigenvalue weighted by molar-refractivity contribution is 0.0954. The van der Waals surface area contributed by atoms with Crippen molar-refractivity contribution in [3.63, 3.8) is 0 Å². The van der Waals surface area contributed by atoms with Crippen molar-refractivity contribution in [3.05, 3.63) is 58.1 Å². The number of hydrogen-bond donors (Lipinski definition) is 2. The zero-order valence-electron chi connectivity index (χ0n) is 11.7. The van der Waals surface area contributed by atoms with Crippen LogP contribution in [-0.2, 0) is 6.42 Å². The van der Waals surface area contributed by atoms with E-state index in [9.17, 15) is 4.79 Å². The van der Waals surface area contributed by atoms with E-state index >= 15 is 0 Å². The zero-order chi connectivity index (χ0) is 15.2. The second-order valence-electron chi connectivity index (χ2n) is 4.63. The Bertz CT molecular complexity index is 624. The van der Waals surface area contributed by atoms with Gasteiger partial charge in [-0.25, -0.2) is 0 Å². The maximum atomic E-state index is 12.1. The molecular formula is C16H17BrN2O2. The van der Waals surface area contributed by atoms with E-state index in [0.717, 1.165) is 22.2 Å². The number of rotatable bonds is 5. The molecule has 21 heavy (non-hydrogen) atoms. The second kappa shape index (κ2) is 7.13. The minimum absolute atomic E-state index is 0.133. The fourth-order valence-corrected chi connectivity index (χ4v) is 2.50. The molecule has 0 heterocycles. The highest BCUT2D eigenvalue weighted by Crippen LogP contribution is 2.17. The molecule has 0 aromatic heterocycles. The largest absolute Gasteiger partial charge is 0.497 e. The highest BCUT2D eigenvalue weighted by Gasteiger charge is 2.07. The van der Waals surface area contributed by atoms with E-state index in [1.807, 2.05) is 24.3 Å². The highest BCUT2D eigenvalue weighted by molar-refractivity contribution is 9.10. The number of benzene rings is 2. The van der Waals surface area contributed by atoms with Gasteiger partial charge in [0, 0.05) is 22.3 Å². The maximum absolute atomic E-state index is 12.1. The van der Waals surface area contributed by atoms with Crippen molar-refractivity contribution in [1.29, 1.82) is 0 Å². The first-order chi connectivity index (χ1) is 10.1. The van der Waals surface area contributed by atoms with E-state index < -0.39 is 0 Å². The maximum Gasteiger partial charge on any atom is 0.251 e. The number of carbonyl (C=O) groups excluding carboxylic acids is 1. The van der Waals surface area contributed by atoms with Gasteiger partial charge < -0.3 is 15.8 Å². The highest BCUT2D eigenvalue weighted by atomic mass is 79.9. The number of hydrogen-bond acceptors (Lipinski definition) is 3. The monoisotopic (exact) mass is 348 g/mol. The zero-order valence-corrected chi connectivity index (χ0v) is 13.3. The number of nitrogens with two attached hydrogens (primary N) is 1. The Morgan fingerprint density at radius 1 is 1.29 bits per heavy atom. The van der Waals surface area contributed by atoms with Gasteiger partial charge in [0.25, 0.3) is 5.91 Å². The number of carbonyl (C=O) groups is 1. The van der Waals surface area contributed by atoms with E-state index in [2.05, 4.69) is 21.2 Å². The Balaban J connectivity index is 1.92. The molecule has 0 aliphatic carbocycles. The SMILES string of the molecule is COc1cccc(CCNC(=O)c2cc(N)cc(Br)c2)c1. The van der Waals surface area contributed by atoms with Crippen LogP contribution in [0.4, 0.5) is 5.69 Å².